The van der Waals surface area contributed by atoms with Crippen LogP contribution in [0.3, 0.4) is 0 Å². The maximum Gasteiger partial charge on any atom is 0.166 e. The van der Waals surface area contributed by atoms with Gasteiger partial charge >= 0.3 is 0 Å². The number of aryl methyl sites for hydroxylation is 1. The highest BCUT2D eigenvalue weighted by molar-refractivity contribution is 5.49. The summed E-state index contributed by atoms with van der Waals surface area (Å²) in [7, 11) is 1.67. The molecule has 1 atom stereocenters. The molecule has 0 radical (unpaired) electrons. The van der Waals surface area contributed by atoms with Crippen LogP contribution < -0.4 is 10.1 Å². The maximum atomic E-state index is 13.4. The van der Waals surface area contributed by atoms with Gasteiger partial charge in [0.15, 0.2) is 11.6 Å². The summed E-state index contributed by atoms with van der Waals surface area (Å²) in [5.41, 5.74) is 3.32. The Morgan fingerprint density at radius 3 is 2.81 bits per heavy atom. The lowest BCUT2D eigenvalue weighted by Gasteiger charge is -2.26. The van der Waals surface area contributed by atoms with Crippen LogP contribution in [0.5, 0.6) is 11.5 Å². The van der Waals surface area contributed by atoms with Gasteiger partial charge < -0.3 is 15.2 Å². The number of ether oxygens (including phenoxy) is 1. The van der Waals surface area contributed by atoms with Crippen LogP contribution in [0.25, 0.3) is 0 Å². The number of hydrogen-bond donors (Lipinski definition) is 2. The number of nitrogens with one attached hydrogen (secondary N) is 1. The summed E-state index contributed by atoms with van der Waals surface area (Å²) >= 11 is 0. The molecule has 0 bridgehead atoms. The molecule has 0 fully saturated rings. The van der Waals surface area contributed by atoms with Crippen LogP contribution in [-0.4, -0.2) is 18.3 Å². The van der Waals surface area contributed by atoms with Crippen LogP contribution in [-0.2, 0) is 12.8 Å². The molecule has 0 saturated carbocycles. The summed E-state index contributed by atoms with van der Waals surface area (Å²) in [6, 6.07) is 10.8. The van der Waals surface area contributed by atoms with E-state index in [1.165, 1.54) is 23.3 Å². The minimum atomic E-state index is -0.599. The minimum Gasteiger partial charge on any atom is -0.505 e. The largest absolute Gasteiger partial charge is 0.505 e. The van der Waals surface area contributed by atoms with Gasteiger partial charge in [-0.1, -0.05) is 6.07 Å². The molecule has 110 valence electrons. The average Bonchev–Trinajstić information content (AvgIpc) is 2.50. The molecule has 0 saturated heterocycles. The molecule has 0 amide bonds. The molecule has 3 rings (SSSR count). The van der Waals surface area contributed by atoms with Crippen molar-refractivity contribution >= 4 is 5.69 Å². The van der Waals surface area contributed by atoms with E-state index in [4.69, 9.17) is 4.74 Å². The molecule has 0 heterocycles. The Morgan fingerprint density at radius 1 is 1.19 bits per heavy atom. The monoisotopic (exact) mass is 287 g/mol. The topological polar surface area (TPSA) is 41.5 Å². The lowest BCUT2D eigenvalue weighted by Crippen LogP contribution is -2.27. The van der Waals surface area contributed by atoms with Crippen molar-refractivity contribution in [1.82, 2.24) is 0 Å². The lowest BCUT2D eigenvalue weighted by atomic mass is 9.88. The molecule has 21 heavy (non-hydrogen) atoms. The van der Waals surface area contributed by atoms with Gasteiger partial charge in [0.25, 0.3) is 0 Å². The third-order valence-electron chi connectivity index (χ3n) is 3.96. The number of halogens is 1. The summed E-state index contributed by atoms with van der Waals surface area (Å²) in [6.07, 6.45) is 2.88. The third kappa shape index (κ3) is 2.94. The van der Waals surface area contributed by atoms with Crippen LogP contribution in [0.4, 0.5) is 10.1 Å². The van der Waals surface area contributed by atoms with Gasteiger partial charge in [-0.25, -0.2) is 4.39 Å². The van der Waals surface area contributed by atoms with Crippen molar-refractivity contribution < 1.29 is 14.2 Å². The van der Waals surface area contributed by atoms with Gasteiger partial charge in [0.2, 0.25) is 0 Å². The molecule has 0 spiro atoms. The van der Waals surface area contributed by atoms with E-state index in [-0.39, 0.29) is 11.8 Å². The highest BCUT2D eigenvalue weighted by Gasteiger charge is 2.19. The Labute approximate surface area is 123 Å². The van der Waals surface area contributed by atoms with E-state index in [1.807, 2.05) is 6.07 Å². The first-order valence-electron chi connectivity index (χ1n) is 7.06. The Kier molecular flexibility index (Phi) is 3.69. The number of phenols is 1. The van der Waals surface area contributed by atoms with Crippen LogP contribution in [0.15, 0.2) is 36.4 Å². The summed E-state index contributed by atoms with van der Waals surface area (Å²) in [5, 5.41) is 12.6. The fourth-order valence-corrected chi connectivity index (χ4v) is 2.82. The summed E-state index contributed by atoms with van der Waals surface area (Å²) in [4.78, 5) is 0. The van der Waals surface area contributed by atoms with Crippen molar-refractivity contribution in [2.45, 2.75) is 25.3 Å². The first-order valence-corrected chi connectivity index (χ1v) is 7.06. The van der Waals surface area contributed by atoms with Gasteiger partial charge in [-0.15, -0.1) is 0 Å². The minimum absolute atomic E-state index is 0.258. The SMILES string of the molecule is COc1ccc2c(c1)CC(Nc1ccc(O)c(F)c1)CC2. The normalized spacial score (nSPS) is 17.1. The number of aromatic hydroxyl groups is 1. The molecule has 1 aliphatic carbocycles. The predicted molar refractivity (Wildman–Crippen MR) is 80.5 cm³/mol. The van der Waals surface area contributed by atoms with Gasteiger partial charge in [0.1, 0.15) is 5.75 Å². The van der Waals surface area contributed by atoms with Crippen molar-refractivity contribution in [3.05, 3.63) is 53.3 Å². The number of benzene rings is 2. The lowest BCUT2D eigenvalue weighted by molar-refractivity contribution is 0.413. The number of methoxy groups -OCH3 is 1. The average molecular weight is 287 g/mol. The summed E-state index contributed by atoms with van der Waals surface area (Å²) in [5.74, 6) is -0.0535. The second kappa shape index (κ2) is 5.64. The molecule has 4 heteroatoms. The van der Waals surface area contributed by atoms with Crippen molar-refractivity contribution in [1.29, 1.82) is 0 Å². The summed E-state index contributed by atoms with van der Waals surface area (Å²) in [6.45, 7) is 0. The second-order valence-electron chi connectivity index (χ2n) is 5.38. The summed E-state index contributed by atoms with van der Waals surface area (Å²) < 4.78 is 18.6. The molecule has 1 aliphatic rings. The van der Waals surface area contributed by atoms with Crippen LogP contribution in [0, 0.1) is 5.82 Å². The van der Waals surface area contributed by atoms with Gasteiger partial charge in [0.05, 0.1) is 7.11 Å². The van der Waals surface area contributed by atoms with Crippen molar-refractivity contribution in [3.63, 3.8) is 0 Å². The number of fused-ring (bicyclic) bond motifs is 1. The third-order valence-corrected chi connectivity index (χ3v) is 3.96. The van der Waals surface area contributed by atoms with E-state index in [9.17, 15) is 9.50 Å². The molecule has 2 aromatic carbocycles. The quantitative estimate of drug-likeness (QED) is 0.849. The number of phenolic OH excluding ortho intramolecular Hbond substituents is 1. The zero-order valence-corrected chi connectivity index (χ0v) is 11.9. The van der Waals surface area contributed by atoms with Gasteiger partial charge in [-0.3, -0.25) is 0 Å². The highest BCUT2D eigenvalue weighted by atomic mass is 19.1. The van der Waals surface area contributed by atoms with Crippen molar-refractivity contribution in [2.24, 2.45) is 0 Å². The highest BCUT2D eigenvalue weighted by Crippen LogP contribution is 2.28. The predicted octanol–water partition coefficient (Wildman–Crippen LogP) is 3.51. The molecule has 2 N–H and O–H groups in total. The van der Waals surface area contributed by atoms with Gasteiger partial charge in [-0.05, 0) is 54.7 Å². The fourth-order valence-electron chi connectivity index (χ4n) is 2.82. The zero-order valence-electron chi connectivity index (χ0n) is 11.9. The Balaban J connectivity index is 1.74. The van der Waals surface area contributed by atoms with Crippen molar-refractivity contribution in [3.8, 4) is 11.5 Å². The Bertz CT molecular complexity index is 657. The van der Waals surface area contributed by atoms with Crippen LogP contribution >= 0.6 is 0 Å². The van der Waals surface area contributed by atoms with Crippen LogP contribution in [0.2, 0.25) is 0 Å². The van der Waals surface area contributed by atoms with Crippen LogP contribution in [0.1, 0.15) is 17.5 Å². The Hall–Kier alpha value is -2.23. The molecular formula is C17H18FNO2. The smallest absolute Gasteiger partial charge is 0.166 e. The van der Waals surface area contributed by atoms with Gasteiger partial charge in [-0.2, -0.15) is 0 Å². The van der Waals surface area contributed by atoms with Crippen molar-refractivity contribution in [2.75, 3.05) is 12.4 Å². The molecule has 3 nitrogen and oxygen atoms in total. The molecular weight excluding hydrogens is 269 g/mol. The van der Waals surface area contributed by atoms with E-state index in [0.717, 1.165) is 25.0 Å². The first-order chi connectivity index (χ1) is 10.2. The van der Waals surface area contributed by atoms with E-state index in [1.54, 1.807) is 13.2 Å². The van der Waals surface area contributed by atoms with E-state index in [2.05, 4.69) is 17.4 Å². The molecule has 0 aromatic heterocycles. The maximum absolute atomic E-state index is 13.4. The second-order valence-corrected chi connectivity index (χ2v) is 5.38. The molecule has 0 aliphatic heterocycles. The Morgan fingerprint density at radius 2 is 2.05 bits per heavy atom. The van der Waals surface area contributed by atoms with Gasteiger partial charge in [0, 0.05) is 17.8 Å². The standard InChI is InChI=1S/C17H18FNO2/c1-21-15-6-3-11-2-4-13(8-12(11)9-15)19-14-5-7-17(20)16(18)10-14/h3,5-7,9-10,13,19-20H,2,4,8H2,1H3. The molecule has 1 unspecified atom stereocenters. The number of anilines is 1. The van der Waals surface area contributed by atoms with E-state index < -0.39 is 5.82 Å². The van der Waals surface area contributed by atoms with E-state index >= 15 is 0 Å². The fraction of sp³-hybridized carbons (Fsp3) is 0.294. The number of rotatable bonds is 3. The zero-order chi connectivity index (χ0) is 14.8. The molecule has 2 aromatic rings. The first kappa shape index (κ1) is 13.7. The van der Waals surface area contributed by atoms with E-state index in [0.29, 0.717) is 5.69 Å². The number of hydrogen-bond acceptors (Lipinski definition) is 3.